The van der Waals surface area contributed by atoms with E-state index in [0.29, 0.717) is 5.69 Å². The van der Waals surface area contributed by atoms with E-state index in [1.54, 1.807) is 13.2 Å². The molecule has 0 aliphatic carbocycles. The van der Waals surface area contributed by atoms with Gasteiger partial charge < -0.3 is 20.5 Å². The van der Waals surface area contributed by atoms with Gasteiger partial charge in [0.15, 0.2) is 0 Å². The van der Waals surface area contributed by atoms with Gasteiger partial charge in [-0.25, -0.2) is 0 Å². The molecule has 1 fully saturated rings. The van der Waals surface area contributed by atoms with Crippen LogP contribution in [0, 0.1) is 0 Å². The molecule has 0 aromatic heterocycles. The van der Waals surface area contributed by atoms with Crippen LogP contribution in [-0.4, -0.2) is 33.4 Å². The Balaban J connectivity index is 0.000000162. The molecule has 1 aliphatic heterocycles. The molecule has 84 valence electrons. The number of nitrogen functional groups attached to an aromatic ring is 1. The van der Waals surface area contributed by atoms with E-state index < -0.39 is 0 Å². The number of nitrogens with one attached hydrogen (secondary N) is 1. The van der Waals surface area contributed by atoms with Crippen molar-refractivity contribution in [3.8, 4) is 5.75 Å². The fourth-order valence-corrected chi connectivity index (χ4v) is 1.18. The molecular formula is C11H18N2O2. The van der Waals surface area contributed by atoms with Gasteiger partial charge in [0.25, 0.3) is 0 Å². The number of hydrogen-bond acceptors (Lipinski definition) is 4. The molecule has 0 unspecified atom stereocenters. The fraction of sp³-hybridized carbons (Fsp3) is 0.455. The van der Waals surface area contributed by atoms with Gasteiger partial charge in [0.05, 0.1) is 26.0 Å². The Morgan fingerprint density at radius 1 is 1.27 bits per heavy atom. The average molecular weight is 210 g/mol. The van der Waals surface area contributed by atoms with Gasteiger partial charge in [0.2, 0.25) is 0 Å². The molecule has 15 heavy (non-hydrogen) atoms. The van der Waals surface area contributed by atoms with Crippen molar-refractivity contribution < 1.29 is 9.47 Å². The molecule has 1 saturated heterocycles. The van der Waals surface area contributed by atoms with Crippen molar-refractivity contribution in [2.45, 2.75) is 0 Å². The second kappa shape index (κ2) is 7.09. The quantitative estimate of drug-likeness (QED) is 0.676. The Labute approximate surface area is 90.4 Å². The van der Waals surface area contributed by atoms with Crippen molar-refractivity contribution in [1.29, 1.82) is 0 Å². The van der Waals surface area contributed by atoms with Crippen LogP contribution in [0.15, 0.2) is 24.3 Å². The van der Waals surface area contributed by atoms with Crippen molar-refractivity contribution in [1.82, 2.24) is 5.32 Å². The zero-order valence-electron chi connectivity index (χ0n) is 9.03. The zero-order valence-corrected chi connectivity index (χ0v) is 9.03. The summed E-state index contributed by atoms with van der Waals surface area (Å²) in [6, 6.07) is 7.39. The van der Waals surface area contributed by atoms with Crippen LogP contribution in [0.4, 0.5) is 5.69 Å². The van der Waals surface area contributed by atoms with Crippen LogP contribution in [0.2, 0.25) is 0 Å². The van der Waals surface area contributed by atoms with Crippen LogP contribution < -0.4 is 15.8 Å². The predicted molar refractivity (Wildman–Crippen MR) is 61.1 cm³/mol. The van der Waals surface area contributed by atoms with Crippen molar-refractivity contribution in [3.05, 3.63) is 24.3 Å². The maximum Gasteiger partial charge on any atom is 0.141 e. The maximum absolute atomic E-state index is 5.51. The highest BCUT2D eigenvalue weighted by molar-refractivity contribution is 5.51. The van der Waals surface area contributed by atoms with Gasteiger partial charge in [0, 0.05) is 13.1 Å². The van der Waals surface area contributed by atoms with E-state index in [4.69, 9.17) is 15.2 Å². The highest BCUT2D eigenvalue weighted by atomic mass is 16.5. The summed E-state index contributed by atoms with van der Waals surface area (Å²) in [5.41, 5.74) is 6.19. The van der Waals surface area contributed by atoms with Gasteiger partial charge >= 0.3 is 0 Å². The summed E-state index contributed by atoms with van der Waals surface area (Å²) >= 11 is 0. The molecule has 1 aromatic rings. The van der Waals surface area contributed by atoms with Gasteiger partial charge in [-0.05, 0) is 12.1 Å². The SMILES string of the molecule is C1COCCN1.COc1ccccc1N. The zero-order chi connectivity index (χ0) is 10.9. The lowest BCUT2D eigenvalue weighted by Crippen LogP contribution is -2.30. The Bertz CT molecular complexity index is 264. The third-order valence-corrected chi connectivity index (χ3v) is 1.99. The van der Waals surface area contributed by atoms with Gasteiger partial charge in [-0.1, -0.05) is 12.1 Å². The van der Waals surface area contributed by atoms with Crippen LogP contribution in [0.1, 0.15) is 0 Å². The summed E-state index contributed by atoms with van der Waals surface area (Å²) in [7, 11) is 1.60. The molecule has 0 saturated carbocycles. The third-order valence-electron chi connectivity index (χ3n) is 1.99. The Morgan fingerprint density at radius 2 is 1.93 bits per heavy atom. The largest absolute Gasteiger partial charge is 0.495 e. The number of hydrogen-bond donors (Lipinski definition) is 2. The molecular weight excluding hydrogens is 192 g/mol. The van der Waals surface area contributed by atoms with Gasteiger partial charge in [-0.2, -0.15) is 0 Å². The number of para-hydroxylation sites is 2. The Hall–Kier alpha value is -1.26. The van der Waals surface area contributed by atoms with E-state index >= 15 is 0 Å². The van der Waals surface area contributed by atoms with Crippen molar-refractivity contribution in [3.63, 3.8) is 0 Å². The van der Waals surface area contributed by atoms with E-state index in [9.17, 15) is 0 Å². The summed E-state index contributed by atoms with van der Waals surface area (Å²) in [6.45, 7) is 3.83. The average Bonchev–Trinajstić information content (AvgIpc) is 2.33. The molecule has 2 rings (SSSR count). The van der Waals surface area contributed by atoms with Crippen LogP contribution in [0.5, 0.6) is 5.75 Å². The highest BCUT2D eigenvalue weighted by Gasteiger charge is 1.93. The first-order valence-corrected chi connectivity index (χ1v) is 5.01. The summed E-state index contributed by atoms with van der Waals surface area (Å²) in [4.78, 5) is 0. The first-order chi connectivity index (χ1) is 7.34. The second-order valence-electron chi connectivity index (χ2n) is 3.10. The summed E-state index contributed by atoms with van der Waals surface area (Å²) in [6.07, 6.45) is 0. The highest BCUT2D eigenvalue weighted by Crippen LogP contribution is 2.18. The topological polar surface area (TPSA) is 56.5 Å². The maximum atomic E-state index is 5.51. The molecule has 0 amide bonds. The van der Waals surface area contributed by atoms with E-state index in [2.05, 4.69) is 5.32 Å². The normalized spacial score (nSPS) is 15.0. The van der Waals surface area contributed by atoms with Gasteiger partial charge in [0.1, 0.15) is 5.75 Å². The fourth-order valence-electron chi connectivity index (χ4n) is 1.18. The lowest BCUT2D eigenvalue weighted by Gasteiger charge is -2.10. The molecule has 4 nitrogen and oxygen atoms in total. The van der Waals surface area contributed by atoms with E-state index in [-0.39, 0.29) is 0 Å². The Morgan fingerprint density at radius 3 is 2.27 bits per heavy atom. The number of morpholine rings is 1. The van der Waals surface area contributed by atoms with Crippen molar-refractivity contribution in [2.24, 2.45) is 0 Å². The smallest absolute Gasteiger partial charge is 0.141 e. The molecule has 1 aromatic carbocycles. The number of anilines is 1. The lowest BCUT2D eigenvalue weighted by atomic mass is 10.3. The summed E-state index contributed by atoms with van der Waals surface area (Å²) < 4.78 is 9.93. The first-order valence-electron chi connectivity index (χ1n) is 5.01. The molecule has 4 heteroatoms. The molecule has 3 N–H and O–H groups in total. The molecule has 1 aliphatic rings. The number of methoxy groups -OCH3 is 1. The van der Waals surface area contributed by atoms with Crippen LogP contribution >= 0.6 is 0 Å². The Kier molecular flexibility index (Phi) is 5.58. The third kappa shape index (κ3) is 4.67. The van der Waals surface area contributed by atoms with Crippen molar-refractivity contribution in [2.75, 3.05) is 39.1 Å². The summed E-state index contributed by atoms with van der Waals surface area (Å²) in [5.74, 6) is 0.734. The number of ether oxygens (including phenoxy) is 2. The second-order valence-corrected chi connectivity index (χ2v) is 3.10. The standard InChI is InChI=1S/C7H9NO.C4H9NO/c1-9-7-5-3-2-4-6(7)8;1-3-6-4-2-5-1/h2-5H,8H2,1H3;5H,1-4H2. The van der Waals surface area contributed by atoms with Crippen LogP contribution in [0.25, 0.3) is 0 Å². The van der Waals surface area contributed by atoms with Crippen LogP contribution in [-0.2, 0) is 4.74 Å². The molecule has 0 atom stereocenters. The van der Waals surface area contributed by atoms with Crippen molar-refractivity contribution >= 4 is 5.69 Å². The van der Waals surface area contributed by atoms with E-state index in [1.807, 2.05) is 18.2 Å². The van der Waals surface area contributed by atoms with E-state index in [0.717, 1.165) is 32.1 Å². The monoisotopic (exact) mass is 210 g/mol. The van der Waals surface area contributed by atoms with Gasteiger partial charge in [-0.3, -0.25) is 0 Å². The minimum Gasteiger partial charge on any atom is -0.495 e. The molecule has 0 spiro atoms. The molecule has 0 bridgehead atoms. The predicted octanol–water partition coefficient (Wildman–Crippen LogP) is 0.884. The minimum atomic E-state index is 0.681. The van der Waals surface area contributed by atoms with E-state index in [1.165, 1.54) is 0 Å². The first kappa shape index (κ1) is 11.8. The minimum absolute atomic E-state index is 0.681. The number of benzene rings is 1. The summed E-state index contributed by atoms with van der Waals surface area (Å²) in [5, 5.41) is 3.16. The van der Waals surface area contributed by atoms with Gasteiger partial charge in [-0.15, -0.1) is 0 Å². The lowest BCUT2D eigenvalue weighted by molar-refractivity contribution is 0.109. The molecule has 1 heterocycles. The van der Waals surface area contributed by atoms with Crippen LogP contribution in [0.3, 0.4) is 0 Å². The number of nitrogens with two attached hydrogens (primary N) is 1. The molecule has 0 radical (unpaired) electrons. The number of rotatable bonds is 1.